The van der Waals surface area contributed by atoms with Crippen molar-refractivity contribution in [3.05, 3.63) is 29.8 Å². The van der Waals surface area contributed by atoms with Crippen LogP contribution < -0.4 is 4.74 Å². The molecular weight excluding hydrogens is 292 g/mol. The Morgan fingerprint density at radius 1 is 1.30 bits per heavy atom. The van der Waals surface area contributed by atoms with E-state index in [-0.39, 0.29) is 6.10 Å². The molecule has 5 nitrogen and oxygen atoms in total. The second-order valence-corrected chi connectivity index (χ2v) is 6.32. The number of nitrogens with zero attached hydrogens (tertiary/aromatic N) is 2. The summed E-state index contributed by atoms with van der Waals surface area (Å²) in [6.07, 6.45) is 2.92. The fourth-order valence-electron chi connectivity index (χ4n) is 3.65. The van der Waals surface area contributed by atoms with E-state index in [0.29, 0.717) is 30.7 Å². The van der Waals surface area contributed by atoms with Crippen LogP contribution in [0.2, 0.25) is 0 Å². The summed E-state index contributed by atoms with van der Waals surface area (Å²) < 4.78 is 11.4. The predicted molar refractivity (Wildman–Crippen MR) is 86.2 cm³/mol. The van der Waals surface area contributed by atoms with E-state index >= 15 is 0 Å². The molecule has 0 spiro atoms. The Balaban J connectivity index is 1.51. The lowest BCUT2D eigenvalue weighted by Crippen LogP contribution is -2.52. The lowest BCUT2D eigenvalue weighted by Gasteiger charge is -2.40. The van der Waals surface area contributed by atoms with E-state index in [1.165, 1.54) is 0 Å². The third-order valence-electron chi connectivity index (χ3n) is 4.94. The van der Waals surface area contributed by atoms with Gasteiger partial charge in [0.2, 0.25) is 0 Å². The quantitative estimate of drug-likeness (QED) is 0.897. The first-order chi connectivity index (χ1) is 11.3. The zero-order chi connectivity index (χ0) is 16.1. The molecule has 1 aliphatic carbocycles. The maximum Gasteiger partial charge on any atom is 0.119 e. The normalized spacial score (nSPS) is 28.4. The minimum absolute atomic E-state index is 0.191. The molecule has 1 aliphatic heterocycles. The average molecular weight is 316 g/mol. The Morgan fingerprint density at radius 3 is 2.83 bits per heavy atom. The molecule has 5 heteroatoms. The van der Waals surface area contributed by atoms with Crippen LogP contribution in [0.15, 0.2) is 24.3 Å². The van der Waals surface area contributed by atoms with E-state index in [4.69, 9.17) is 14.7 Å². The fourth-order valence-corrected chi connectivity index (χ4v) is 3.65. The van der Waals surface area contributed by atoms with Crippen LogP contribution in [0.1, 0.15) is 24.8 Å². The predicted octanol–water partition coefficient (Wildman–Crippen LogP) is 1.80. The average Bonchev–Trinajstić information content (AvgIpc) is 3.02. The van der Waals surface area contributed by atoms with Crippen molar-refractivity contribution >= 4 is 0 Å². The van der Waals surface area contributed by atoms with Gasteiger partial charge in [0.05, 0.1) is 31.0 Å². The van der Waals surface area contributed by atoms with Crippen LogP contribution in [0.5, 0.6) is 5.75 Å². The van der Waals surface area contributed by atoms with E-state index in [1.807, 2.05) is 12.1 Å². The summed E-state index contributed by atoms with van der Waals surface area (Å²) in [6.45, 7) is 3.78. The third-order valence-corrected chi connectivity index (χ3v) is 4.94. The minimum Gasteiger partial charge on any atom is -0.492 e. The van der Waals surface area contributed by atoms with Gasteiger partial charge in [-0.3, -0.25) is 4.90 Å². The molecule has 2 fully saturated rings. The first-order valence-corrected chi connectivity index (χ1v) is 8.41. The Hall–Kier alpha value is -1.61. The first-order valence-electron chi connectivity index (χ1n) is 8.41. The van der Waals surface area contributed by atoms with Crippen molar-refractivity contribution in [2.24, 2.45) is 5.92 Å². The molecule has 124 valence electrons. The van der Waals surface area contributed by atoms with E-state index in [2.05, 4.69) is 11.0 Å². The number of rotatable bonds is 5. The summed E-state index contributed by atoms with van der Waals surface area (Å²) >= 11 is 0. The molecule has 23 heavy (non-hydrogen) atoms. The summed E-state index contributed by atoms with van der Waals surface area (Å²) in [5, 5.41) is 19.0. The monoisotopic (exact) mass is 316 g/mol. The van der Waals surface area contributed by atoms with E-state index in [1.54, 1.807) is 12.1 Å². The van der Waals surface area contributed by atoms with Crippen molar-refractivity contribution < 1.29 is 14.6 Å². The smallest absolute Gasteiger partial charge is 0.119 e. The first kappa shape index (κ1) is 16.3. The third kappa shape index (κ3) is 4.03. The molecule has 1 aromatic rings. The molecule has 2 aliphatic rings. The molecule has 0 amide bonds. The molecule has 0 radical (unpaired) electrons. The van der Waals surface area contributed by atoms with Gasteiger partial charge >= 0.3 is 0 Å². The van der Waals surface area contributed by atoms with Gasteiger partial charge in [-0.1, -0.05) is 6.42 Å². The van der Waals surface area contributed by atoms with Gasteiger partial charge in [-0.15, -0.1) is 0 Å². The van der Waals surface area contributed by atoms with Crippen LogP contribution in [0.4, 0.5) is 0 Å². The highest BCUT2D eigenvalue weighted by atomic mass is 16.5. The molecule has 1 saturated carbocycles. The standard InChI is InChI=1S/C18H24N2O3/c19-12-14-4-6-15(7-5-14)23-11-9-20-8-10-22-13-17(20)16-2-1-3-18(16)21/h4-7,16-18,21H,1-3,8-11,13H2/t16-,17-,18-/m1/s1. The van der Waals surface area contributed by atoms with Crippen LogP contribution >= 0.6 is 0 Å². The van der Waals surface area contributed by atoms with Gasteiger partial charge in [-0.25, -0.2) is 0 Å². The van der Waals surface area contributed by atoms with E-state index in [9.17, 15) is 5.11 Å². The maximum atomic E-state index is 10.2. The van der Waals surface area contributed by atoms with Gasteiger partial charge < -0.3 is 14.6 Å². The number of nitriles is 1. The second-order valence-electron chi connectivity index (χ2n) is 6.32. The number of aliphatic hydroxyl groups excluding tert-OH is 1. The van der Waals surface area contributed by atoms with Crippen LogP contribution in [0, 0.1) is 17.2 Å². The molecule has 1 saturated heterocycles. The van der Waals surface area contributed by atoms with Gasteiger partial charge in [0, 0.05) is 25.0 Å². The van der Waals surface area contributed by atoms with Gasteiger partial charge in [0.15, 0.2) is 0 Å². The molecule has 1 aromatic carbocycles. The highest BCUT2D eigenvalue weighted by molar-refractivity contribution is 5.34. The fraction of sp³-hybridized carbons (Fsp3) is 0.611. The lowest BCUT2D eigenvalue weighted by molar-refractivity contribution is -0.0532. The van der Waals surface area contributed by atoms with Crippen molar-refractivity contribution in [1.82, 2.24) is 4.90 Å². The zero-order valence-electron chi connectivity index (χ0n) is 13.4. The van der Waals surface area contributed by atoms with Crippen LogP contribution in [0.3, 0.4) is 0 Å². The van der Waals surface area contributed by atoms with Gasteiger partial charge in [-0.2, -0.15) is 5.26 Å². The molecule has 0 aromatic heterocycles. The van der Waals surface area contributed by atoms with Gasteiger partial charge in [-0.05, 0) is 37.1 Å². The van der Waals surface area contributed by atoms with Crippen LogP contribution in [0.25, 0.3) is 0 Å². The maximum absolute atomic E-state index is 10.2. The molecule has 0 bridgehead atoms. The highest BCUT2D eigenvalue weighted by Gasteiger charge is 2.37. The van der Waals surface area contributed by atoms with Crippen molar-refractivity contribution in [3.8, 4) is 11.8 Å². The Morgan fingerprint density at radius 2 is 2.13 bits per heavy atom. The van der Waals surface area contributed by atoms with Gasteiger partial charge in [0.1, 0.15) is 12.4 Å². The minimum atomic E-state index is -0.191. The largest absolute Gasteiger partial charge is 0.492 e. The molecule has 3 atom stereocenters. The summed E-state index contributed by atoms with van der Waals surface area (Å²) in [5.74, 6) is 1.11. The Labute approximate surface area is 137 Å². The van der Waals surface area contributed by atoms with Crippen molar-refractivity contribution in [1.29, 1.82) is 5.26 Å². The van der Waals surface area contributed by atoms with Crippen LogP contribution in [-0.2, 0) is 4.74 Å². The van der Waals surface area contributed by atoms with Crippen molar-refractivity contribution in [3.63, 3.8) is 0 Å². The summed E-state index contributed by atoms with van der Waals surface area (Å²) in [6, 6.07) is 9.59. The second kappa shape index (κ2) is 7.78. The molecule has 1 heterocycles. The number of morpholine rings is 1. The number of hydrogen-bond acceptors (Lipinski definition) is 5. The lowest BCUT2D eigenvalue weighted by atomic mass is 9.94. The number of aliphatic hydroxyl groups is 1. The topological polar surface area (TPSA) is 65.7 Å². The van der Waals surface area contributed by atoms with Crippen molar-refractivity contribution in [2.75, 3.05) is 32.9 Å². The Bertz CT molecular complexity index is 540. The van der Waals surface area contributed by atoms with Gasteiger partial charge in [0.25, 0.3) is 0 Å². The van der Waals surface area contributed by atoms with E-state index < -0.39 is 0 Å². The van der Waals surface area contributed by atoms with Crippen molar-refractivity contribution in [2.45, 2.75) is 31.4 Å². The summed E-state index contributed by atoms with van der Waals surface area (Å²) in [5.41, 5.74) is 0.640. The SMILES string of the molecule is N#Cc1ccc(OCCN2CCOC[C@@H]2[C@H]2CCC[C@H]2O)cc1. The molecule has 3 rings (SSSR count). The Kier molecular flexibility index (Phi) is 5.50. The zero-order valence-corrected chi connectivity index (χ0v) is 13.4. The summed E-state index contributed by atoms with van der Waals surface area (Å²) in [7, 11) is 0. The highest BCUT2D eigenvalue weighted by Crippen LogP contribution is 2.32. The van der Waals surface area contributed by atoms with Crippen LogP contribution in [-0.4, -0.2) is 55.1 Å². The van der Waals surface area contributed by atoms with E-state index in [0.717, 1.165) is 44.7 Å². The summed E-state index contributed by atoms with van der Waals surface area (Å²) in [4.78, 5) is 2.40. The molecular formula is C18H24N2O3. The number of ether oxygens (including phenoxy) is 2. The molecule has 0 unspecified atom stereocenters. The number of hydrogen-bond donors (Lipinski definition) is 1. The number of benzene rings is 1. The molecule has 1 N–H and O–H groups in total.